The van der Waals surface area contributed by atoms with Crippen molar-refractivity contribution < 1.29 is 14.4 Å². The van der Waals surface area contributed by atoms with Gasteiger partial charge in [-0.15, -0.1) is 0 Å². The minimum Gasteiger partial charge on any atom is -0.391 e. The highest BCUT2D eigenvalue weighted by Gasteiger charge is 2.25. The van der Waals surface area contributed by atoms with E-state index < -0.39 is 16.8 Å². The van der Waals surface area contributed by atoms with Gasteiger partial charge in [0.05, 0.1) is 20.6 Å². The van der Waals surface area contributed by atoms with Crippen molar-refractivity contribution in [1.82, 2.24) is 0 Å². The molecule has 2 unspecified atom stereocenters. The lowest BCUT2D eigenvalue weighted by Gasteiger charge is -2.22. The molecule has 0 bridgehead atoms. The Bertz CT molecular complexity index is 513. The standard InChI is InChI=1S/C13H16FIN2O3/c14-8-6-11(12(17(19)20)7-9(8)15)16-10-4-2-1-3-5-13(10)18/h6-7,10,13,16,18H,1-5H2. The van der Waals surface area contributed by atoms with Crippen LogP contribution in [0.5, 0.6) is 0 Å². The van der Waals surface area contributed by atoms with Crippen LogP contribution in [0.3, 0.4) is 0 Å². The molecule has 7 heteroatoms. The highest BCUT2D eigenvalue weighted by atomic mass is 127. The first-order valence-corrected chi connectivity index (χ1v) is 7.65. The lowest BCUT2D eigenvalue weighted by atomic mass is 10.1. The first-order chi connectivity index (χ1) is 9.49. The molecule has 0 amide bonds. The fourth-order valence-electron chi connectivity index (χ4n) is 2.46. The van der Waals surface area contributed by atoms with Crippen LogP contribution in [0.25, 0.3) is 0 Å². The Morgan fingerprint density at radius 2 is 2.05 bits per heavy atom. The van der Waals surface area contributed by atoms with Gasteiger partial charge in [-0.05, 0) is 35.4 Å². The molecule has 1 aromatic carbocycles. The van der Waals surface area contributed by atoms with Gasteiger partial charge in [-0.25, -0.2) is 4.39 Å². The van der Waals surface area contributed by atoms with E-state index in [0.29, 0.717) is 6.42 Å². The Kier molecular flexibility index (Phi) is 5.14. The van der Waals surface area contributed by atoms with Gasteiger partial charge in [-0.1, -0.05) is 19.3 Å². The normalized spacial score (nSPS) is 23.1. The van der Waals surface area contributed by atoms with Gasteiger partial charge in [0, 0.05) is 12.1 Å². The van der Waals surface area contributed by atoms with E-state index >= 15 is 0 Å². The van der Waals surface area contributed by atoms with Crippen LogP contribution in [0.2, 0.25) is 0 Å². The van der Waals surface area contributed by atoms with Crippen molar-refractivity contribution in [3.63, 3.8) is 0 Å². The van der Waals surface area contributed by atoms with E-state index in [1.54, 1.807) is 22.6 Å². The third-order valence-electron chi connectivity index (χ3n) is 3.56. The van der Waals surface area contributed by atoms with Gasteiger partial charge in [0.2, 0.25) is 0 Å². The molecule has 0 aliphatic heterocycles. The molecule has 1 aliphatic carbocycles. The number of anilines is 1. The largest absolute Gasteiger partial charge is 0.391 e. The van der Waals surface area contributed by atoms with E-state index in [4.69, 9.17) is 0 Å². The van der Waals surface area contributed by atoms with Crippen molar-refractivity contribution in [1.29, 1.82) is 0 Å². The number of rotatable bonds is 3. The average Bonchev–Trinajstić information content (AvgIpc) is 2.59. The first kappa shape index (κ1) is 15.4. The van der Waals surface area contributed by atoms with Crippen molar-refractivity contribution in [2.24, 2.45) is 0 Å². The summed E-state index contributed by atoms with van der Waals surface area (Å²) in [5, 5.41) is 24.0. The van der Waals surface area contributed by atoms with Crippen LogP contribution in [0.4, 0.5) is 15.8 Å². The van der Waals surface area contributed by atoms with Gasteiger partial charge in [-0.2, -0.15) is 0 Å². The highest BCUT2D eigenvalue weighted by Crippen LogP contribution is 2.31. The SMILES string of the molecule is O=[N+]([O-])c1cc(I)c(F)cc1NC1CCCCCC1O. The molecule has 20 heavy (non-hydrogen) atoms. The summed E-state index contributed by atoms with van der Waals surface area (Å²) in [6.07, 6.45) is 3.78. The average molecular weight is 394 g/mol. The fraction of sp³-hybridized carbons (Fsp3) is 0.538. The molecule has 5 nitrogen and oxygen atoms in total. The summed E-state index contributed by atoms with van der Waals surface area (Å²) in [5.41, 5.74) is -0.0221. The van der Waals surface area contributed by atoms with E-state index in [-0.39, 0.29) is 21.0 Å². The first-order valence-electron chi connectivity index (χ1n) is 6.57. The molecule has 0 spiro atoms. The molecule has 0 saturated heterocycles. The van der Waals surface area contributed by atoms with E-state index in [0.717, 1.165) is 31.7 Å². The second-order valence-electron chi connectivity index (χ2n) is 5.00. The lowest BCUT2D eigenvalue weighted by Crippen LogP contribution is -2.32. The number of nitro benzene ring substituents is 1. The van der Waals surface area contributed by atoms with Gasteiger partial charge in [-0.3, -0.25) is 10.1 Å². The summed E-state index contributed by atoms with van der Waals surface area (Å²) in [6, 6.07) is 2.08. The number of hydrogen-bond acceptors (Lipinski definition) is 4. The summed E-state index contributed by atoms with van der Waals surface area (Å²) in [4.78, 5) is 10.5. The minimum atomic E-state index is -0.556. The van der Waals surface area contributed by atoms with Crippen molar-refractivity contribution in [2.75, 3.05) is 5.32 Å². The predicted octanol–water partition coefficient (Wildman–Crippen LogP) is 3.44. The molecular weight excluding hydrogens is 378 g/mol. The molecule has 0 heterocycles. The second-order valence-corrected chi connectivity index (χ2v) is 6.16. The van der Waals surface area contributed by atoms with Gasteiger partial charge >= 0.3 is 0 Å². The molecule has 110 valence electrons. The van der Waals surface area contributed by atoms with Gasteiger partial charge < -0.3 is 10.4 Å². The van der Waals surface area contributed by atoms with Crippen LogP contribution >= 0.6 is 22.6 Å². The summed E-state index contributed by atoms with van der Waals surface area (Å²) in [5.74, 6) is -0.498. The molecule has 1 aliphatic rings. The lowest BCUT2D eigenvalue weighted by molar-refractivity contribution is -0.384. The van der Waals surface area contributed by atoms with Crippen molar-refractivity contribution in [2.45, 2.75) is 44.2 Å². The highest BCUT2D eigenvalue weighted by molar-refractivity contribution is 14.1. The number of halogens is 2. The summed E-state index contributed by atoms with van der Waals surface area (Å²) >= 11 is 1.72. The molecule has 2 N–H and O–H groups in total. The van der Waals surface area contributed by atoms with Gasteiger partial charge in [0.25, 0.3) is 5.69 Å². The van der Waals surface area contributed by atoms with Crippen molar-refractivity contribution in [3.8, 4) is 0 Å². The van der Waals surface area contributed by atoms with Crippen LogP contribution in [0.1, 0.15) is 32.1 Å². The van der Waals surface area contributed by atoms with Gasteiger partial charge in [0.15, 0.2) is 0 Å². The summed E-state index contributed by atoms with van der Waals surface area (Å²) < 4.78 is 13.8. The van der Waals surface area contributed by atoms with E-state index in [2.05, 4.69) is 5.32 Å². The monoisotopic (exact) mass is 394 g/mol. The maximum absolute atomic E-state index is 13.6. The number of nitrogens with zero attached hydrogens (tertiary/aromatic N) is 1. The predicted molar refractivity (Wildman–Crippen MR) is 82.3 cm³/mol. The molecule has 1 aromatic rings. The molecule has 1 fully saturated rings. The van der Waals surface area contributed by atoms with Gasteiger partial charge in [0.1, 0.15) is 11.5 Å². The Labute approximate surface area is 129 Å². The van der Waals surface area contributed by atoms with Crippen molar-refractivity contribution >= 4 is 34.0 Å². The van der Waals surface area contributed by atoms with Crippen molar-refractivity contribution in [3.05, 3.63) is 31.6 Å². The second kappa shape index (κ2) is 6.66. The Hall–Kier alpha value is -0.960. The molecule has 0 aromatic heterocycles. The molecular formula is C13H16FIN2O3. The Balaban J connectivity index is 2.27. The van der Waals surface area contributed by atoms with Crippen LogP contribution in [-0.2, 0) is 0 Å². The summed E-state index contributed by atoms with van der Waals surface area (Å²) in [6.45, 7) is 0. The quantitative estimate of drug-likeness (QED) is 0.357. The number of hydrogen-bond donors (Lipinski definition) is 2. The van der Waals surface area contributed by atoms with E-state index in [1.807, 2.05) is 0 Å². The van der Waals surface area contributed by atoms with Crippen LogP contribution in [0, 0.1) is 19.5 Å². The molecule has 2 atom stereocenters. The Morgan fingerprint density at radius 3 is 2.75 bits per heavy atom. The smallest absolute Gasteiger partial charge is 0.293 e. The van der Waals surface area contributed by atoms with E-state index in [9.17, 15) is 19.6 Å². The number of nitrogens with one attached hydrogen (secondary N) is 1. The zero-order chi connectivity index (χ0) is 14.7. The number of aliphatic hydroxyl groups is 1. The topological polar surface area (TPSA) is 75.4 Å². The zero-order valence-electron chi connectivity index (χ0n) is 10.8. The van der Waals surface area contributed by atoms with Crippen LogP contribution < -0.4 is 5.32 Å². The fourth-order valence-corrected chi connectivity index (χ4v) is 2.91. The number of nitro groups is 1. The molecule has 2 rings (SSSR count). The number of aliphatic hydroxyl groups excluding tert-OH is 1. The number of benzene rings is 1. The zero-order valence-corrected chi connectivity index (χ0v) is 13.0. The summed E-state index contributed by atoms with van der Waals surface area (Å²) in [7, 11) is 0. The molecule has 0 radical (unpaired) electrons. The Morgan fingerprint density at radius 1 is 1.35 bits per heavy atom. The maximum atomic E-state index is 13.6. The maximum Gasteiger partial charge on any atom is 0.293 e. The minimum absolute atomic E-state index is 0.138. The molecule has 1 saturated carbocycles. The third-order valence-corrected chi connectivity index (χ3v) is 4.38. The van der Waals surface area contributed by atoms with E-state index in [1.165, 1.54) is 6.07 Å². The van der Waals surface area contributed by atoms with Crippen LogP contribution in [0.15, 0.2) is 12.1 Å². The van der Waals surface area contributed by atoms with Crippen LogP contribution in [-0.4, -0.2) is 22.2 Å². The third kappa shape index (κ3) is 3.57.